The Hall–Kier alpha value is -0.0900. The van der Waals surface area contributed by atoms with Crippen LogP contribution in [0.15, 0.2) is 0 Å². The SMILES string of the molecule is CN(C)C1(CN2CCC(Br)C2=O)CCC1. The monoisotopic (exact) mass is 274 g/mol. The normalized spacial score (nSPS) is 29.7. The van der Waals surface area contributed by atoms with Crippen molar-refractivity contribution in [3.8, 4) is 0 Å². The van der Waals surface area contributed by atoms with E-state index in [-0.39, 0.29) is 16.3 Å². The number of rotatable bonds is 3. The summed E-state index contributed by atoms with van der Waals surface area (Å²) in [6.07, 6.45) is 4.73. The zero-order valence-corrected chi connectivity index (χ0v) is 11.1. The molecule has 4 heteroatoms. The molecule has 15 heavy (non-hydrogen) atoms. The molecule has 0 aromatic heterocycles. The smallest absolute Gasteiger partial charge is 0.236 e. The molecular weight excluding hydrogens is 256 g/mol. The lowest BCUT2D eigenvalue weighted by Gasteiger charge is -2.49. The molecule has 1 aliphatic heterocycles. The minimum Gasteiger partial charge on any atom is -0.340 e. The Morgan fingerprint density at radius 2 is 2.20 bits per heavy atom. The van der Waals surface area contributed by atoms with Gasteiger partial charge in [-0.05, 0) is 39.8 Å². The van der Waals surface area contributed by atoms with Gasteiger partial charge < -0.3 is 9.80 Å². The van der Waals surface area contributed by atoms with Crippen molar-refractivity contribution in [2.24, 2.45) is 0 Å². The molecule has 1 amide bonds. The Morgan fingerprint density at radius 3 is 2.53 bits per heavy atom. The van der Waals surface area contributed by atoms with Crippen LogP contribution in [0.1, 0.15) is 25.7 Å². The number of likely N-dealkylation sites (N-methyl/N-ethyl adjacent to an activating group) is 1. The molecule has 1 heterocycles. The first-order chi connectivity index (χ1) is 7.05. The molecule has 1 saturated carbocycles. The molecule has 3 nitrogen and oxygen atoms in total. The Bertz CT molecular complexity index is 263. The third-order valence-corrected chi connectivity index (χ3v) is 4.80. The molecule has 0 aromatic carbocycles. The second-order valence-electron chi connectivity index (χ2n) is 4.99. The van der Waals surface area contributed by atoms with E-state index in [1.54, 1.807) is 0 Å². The van der Waals surface area contributed by atoms with E-state index >= 15 is 0 Å². The van der Waals surface area contributed by atoms with Crippen LogP contribution >= 0.6 is 15.9 Å². The maximum absolute atomic E-state index is 11.8. The van der Waals surface area contributed by atoms with Gasteiger partial charge in [0.2, 0.25) is 5.91 Å². The third kappa shape index (κ3) is 1.94. The number of carbonyl (C=O) groups excluding carboxylic acids is 1. The number of halogens is 1. The molecule has 2 rings (SSSR count). The number of likely N-dealkylation sites (tertiary alicyclic amines) is 1. The molecule has 86 valence electrons. The van der Waals surface area contributed by atoms with Crippen LogP contribution in [-0.4, -0.2) is 53.3 Å². The highest BCUT2D eigenvalue weighted by atomic mass is 79.9. The van der Waals surface area contributed by atoms with Crippen molar-refractivity contribution in [3.63, 3.8) is 0 Å². The summed E-state index contributed by atoms with van der Waals surface area (Å²) in [5.41, 5.74) is 0.271. The predicted molar refractivity (Wildman–Crippen MR) is 64.2 cm³/mol. The number of amides is 1. The van der Waals surface area contributed by atoms with Crippen molar-refractivity contribution in [1.82, 2.24) is 9.80 Å². The van der Waals surface area contributed by atoms with Gasteiger partial charge in [0.05, 0.1) is 4.83 Å². The number of alkyl halides is 1. The molecule has 1 aliphatic carbocycles. The maximum Gasteiger partial charge on any atom is 0.236 e. The van der Waals surface area contributed by atoms with Crippen molar-refractivity contribution in [2.45, 2.75) is 36.0 Å². The Kier molecular flexibility index (Phi) is 3.08. The lowest BCUT2D eigenvalue weighted by atomic mass is 9.75. The van der Waals surface area contributed by atoms with Gasteiger partial charge in [-0.25, -0.2) is 0 Å². The second kappa shape index (κ2) is 4.06. The highest BCUT2D eigenvalue weighted by molar-refractivity contribution is 9.10. The van der Waals surface area contributed by atoms with Crippen LogP contribution in [0, 0.1) is 0 Å². The van der Waals surface area contributed by atoms with Crippen LogP contribution in [0.2, 0.25) is 0 Å². The van der Waals surface area contributed by atoms with Crippen molar-refractivity contribution in [2.75, 3.05) is 27.2 Å². The van der Waals surface area contributed by atoms with E-state index in [0.29, 0.717) is 0 Å². The molecule has 0 radical (unpaired) electrons. The second-order valence-corrected chi connectivity index (χ2v) is 6.09. The fraction of sp³-hybridized carbons (Fsp3) is 0.909. The summed E-state index contributed by atoms with van der Waals surface area (Å²) in [6.45, 7) is 1.84. The van der Waals surface area contributed by atoms with E-state index in [1.165, 1.54) is 19.3 Å². The molecular formula is C11H19BrN2O. The molecule has 1 unspecified atom stereocenters. The van der Waals surface area contributed by atoms with Gasteiger partial charge in [-0.15, -0.1) is 0 Å². The third-order valence-electron chi connectivity index (χ3n) is 3.95. The van der Waals surface area contributed by atoms with Crippen LogP contribution in [0.25, 0.3) is 0 Å². The largest absolute Gasteiger partial charge is 0.340 e. The summed E-state index contributed by atoms with van der Waals surface area (Å²) in [5.74, 6) is 0.281. The van der Waals surface area contributed by atoms with Crippen molar-refractivity contribution in [1.29, 1.82) is 0 Å². The highest BCUT2D eigenvalue weighted by Gasteiger charge is 2.43. The summed E-state index contributed by atoms with van der Waals surface area (Å²) >= 11 is 3.42. The average molecular weight is 275 g/mol. The number of carbonyl (C=O) groups is 1. The molecule has 0 bridgehead atoms. The topological polar surface area (TPSA) is 23.6 Å². The molecule has 2 fully saturated rings. The summed E-state index contributed by atoms with van der Waals surface area (Å²) in [4.78, 5) is 16.2. The average Bonchev–Trinajstić information content (AvgIpc) is 2.41. The number of nitrogens with zero attached hydrogens (tertiary/aromatic N) is 2. The molecule has 2 aliphatic rings. The molecule has 0 N–H and O–H groups in total. The van der Waals surface area contributed by atoms with Gasteiger partial charge in [0, 0.05) is 18.6 Å². The van der Waals surface area contributed by atoms with E-state index < -0.39 is 0 Å². The fourth-order valence-electron chi connectivity index (χ4n) is 2.54. The van der Waals surface area contributed by atoms with Crippen LogP contribution in [0.4, 0.5) is 0 Å². The standard InChI is InChI=1S/C11H19BrN2O/c1-13(2)11(5-3-6-11)8-14-7-4-9(12)10(14)15/h9H,3-8H2,1-2H3. The van der Waals surface area contributed by atoms with Gasteiger partial charge in [-0.2, -0.15) is 0 Å². The van der Waals surface area contributed by atoms with Gasteiger partial charge in [-0.1, -0.05) is 15.9 Å². The van der Waals surface area contributed by atoms with Gasteiger partial charge in [0.25, 0.3) is 0 Å². The zero-order chi connectivity index (χ0) is 11.1. The summed E-state index contributed by atoms with van der Waals surface area (Å²) in [5, 5.41) is 0. The van der Waals surface area contributed by atoms with Crippen LogP contribution in [0.5, 0.6) is 0 Å². The lowest BCUT2D eigenvalue weighted by molar-refractivity contribution is -0.129. The quantitative estimate of drug-likeness (QED) is 0.728. The fourth-order valence-corrected chi connectivity index (χ4v) is 3.04. The van der Waals surface area contributed by atoms with E-state index in [9.17, 15) is 4.79 Å². The summed E-state index contributed by atoms with van der Waals surface area (Å²) in [6, 6.07) is 0. The zero-order valence-electron chi connectivity index (χ0n) is 9.50. The van der Waals surface area contributed by atoms with Crippen LogP contribution < -0.4 is 0 Å². The van der Waals surface area contributed by atoms with E-state index in [2.05, 4.69) is 34.9 Å². The maximum atomic E-state index is 11.8. The molecule has 1 saturated heterocycles. The Balaban J connectivity index is 1.99. The number of hydrogen-bond acceptors (Lipinski definition) is 2. The van der Waals surface area contributed by atoms with Crippen molar-refractivity contribution < 1.29 is 4.79 Å². The van der Waals surface area contributed by atoms with Crippen LogP contribution in [-0.2, 0) is 4.79 Å². The lowest BCUT2D eigenvalue weighted by Crippen LogP contribution is -2.57. The van der Waals surface area contributed by atoms with Crippen LogP contribution in [0.3, 0.4) is 0 Å². The van der Waals surface area contributed by atoms with Gasteiger partial charge >= 0.3 is 0 Å². The molecule has 0 spiro atoms. The van der Waals surface area contributed by atoms with Crippen molar-refractivity contribution in [3.05, 3.63) is 0 Å². The Morgan fingerprint density at radius 1 is 1.53 bits per heavy atom. The number of hydrogen-bond donors (Lipinski definition) is 0. The highest BCUT2D eigenvalue weighted by Crippen LogP contribution is 2.37. The first-order valence-electron chi connectivity index (χ1n) is 5.65. The van der Waals surface area contributed by atoms with Gasteiger partial charge in [0.15, 0.2) is 0 Å². The van der Waals surface area contributed by atoms with E-state index in [1.807, 2.05) is 4.90 Å². The first-order valence-corrected chi connectivity index (χ1v) is 6.57. The summed E-state index contributed by atoms with van der Waals surface area (Å²) in [7, 11) is 4.26. The van der Waals surface area contributed by atoms with E-state index in [4.69, 9.17) is 0 Å². The predicted octanol–water partition coefficient (Wildman–Crippen LogP) is 1.47. The van der Waals surface area contributed by atoms with Crippen molar-refractivity contribution >= 4 is 21.8 Å². The van der Waals surface area contributed by atoms with E-state index in [0.717, 1.165) is 19.5 Å². The Labute approximate surface area is 99.9 Å². The first kappa shape index (κ1) is 11.4. The van der Waals surface area contributed by atoms with Gasteiger partial charge in [-0.3, -0.25) is 4.79 Å². The van der Waals surface area contributed by atoms with Gasteiger partial charge in [0.1, 0.15) is 0 Å². The minimum absolute atomic E-state index is 0.0665. The molecule has 0 aromatic rings. The minimum atomic E-state index is 0.0665. The molecule has 1 atom stereocenters. The summed E-state index contributed by atoms with van der Waals surface area (Å²) < 4.78 is 0.